The fraction of sp³-hybridized carbons (Fsp3) is 0.440. The number of carbonyl (C=O) groups excluding carboxylic acids is 1. The summed E-state index contributed by atoms with van der Waals surface area (Å²) in [4.78, 5) is 20.2. The molecule has 1 fully saturated rings. The number of aromatic nitrogens is 4. The molecule has 0 bridgehead atoms. The molecule has 8 nitrogen and oxygen atoms in total. The summed E-state index contributed by atoms with van der Waals surface area (Å²) in [7, 11) is 1.42. The van der Waals surface area contributed by atoms with Crippen LogP contribution in [0.25, 0.3) is 17.1 Å². The van der Waals surface area contributed by atoms with Crippen molar-refractivity contribution in [3.8, 4) is 23.1 Å². The van der Waals surface area contributed by atoms with Crippen LogP contribution in [0, 0.1) is 0 Å². The molecule has 1 N–H and O–H groups in total. The van der Waals surface area contributed by atoms with Crippen molar-refractivity contribution in [1.29, 1.82) is 0 Å². The number of methoxy groups -OCH3 is 1. The van der Waals surface area contributed by atoms with Crippen molar-refractivity contribution in [2.45, 2.75) is 63.8 Å². The van der Waals surface area contributed by atoms with Crippen molar-refractivity contribution in [2.75, 3.05) is 7.11 Å². The van der Waals surface area contributed by atoms with Crippen LogP contribution in [0.4, 0.5) is 13.2 Å². The second kappa shape index (κ2) is 10.3. The molecule has 1 aliphatic heterocycles. The van der Waals surface area contributed by atoms with E-state index in [1.165, 1.54) is 24.1 Å². The second-order valence-electron chi connectivity index (χ2n) is 9.00. The Morgan fingerprint density at radius 2 is 2.06 bits per heavy atom. The number of cyclic esters (lactones) is 1. The first-order chi connectivity index (χ1) is 17.1. The zero-order valence-corrected chi connectivity index (χ0v) is 20.1. The van der Waals surface area contributed by atoms with Crippen LogP contribution in [0.1, 0.15) is 55.8 Å². The topological polar surface area (TPSA) is 99.4 Å². The Morgan fingerprint density at radius 3 is 2.72 bits per heavy atom. The number of benzene rings is 1. The van der Waals surface area contributed by atoms with Crippen molar-refractivity contribution in [3.05, 3.63) is 53.3 Å². The van der Waals surface area contributed by atoms with Crippen LogP contribution < -0.4 is 4.74 Å². The van der Waals surface area contributed by atoms with E-state index in [0.717, 1.165) is 17.7 Å². The lowest BCUT2D eigenvalue weighted by molar-refractivity contribution is -0.160. The predicted molar refractivity (Wildman–Crippen MR) is 124 cm³/mol. The minimum absolute atomic E-state index is 0.0449. The molecule has 0 amide bonds. The molecule has 36 heavy (non-hydrogen) atoms. The van der Waals surface area contributed by atoms with Gasteiger partial charge in [-0.25, -0.2) is 9.67 Å². The molecule has 0 aliphatic carbocycles. The normalized spacial score (nSPS) is 18.4. The van der Waals surface area contributed by atoms with Crippen LogP contribution in [0.3, 0.4) is 0 Å². The molecule has 0 saturated carbocycles. The van der Waals surface area contributed by atoms with E-state index in [-0.39, 0.29) is 18.3 Å². The van der Waals surface area contributed by atoms with Crippen LogP contribution in [-0.2, 0) is 22.1 Å². The summed E-state index contributed by atoms with van der Waals surface area (Å²) in [5.74, 6) is -0.194. The number of hydrogen-bond donors (Lipinski definition) is 1. The van der Waals surface area contributed by atoms with Gasteiger partial charge in [0.25, 0.3) is 0 Å². The monoisotopic (exact) mass is 504 g/mol. The molecule has 3 aromatic rings. The number of aliphatic hydroxyl groups excluding tert-OH is 1. The molecule has 0 radical (unpaired) electrons. The highest BCUT2D eigenvalue weighted by Gasteiger charge is 2.32. The lowest BCUT2D eigenvalue weighted by Crippen LogP contribution is -2.32. The molecule has 2 aromatic heterocycles. The number of halogens is 3. The maximum atomic E-state index is 13.6. The lowest BCUT2D eigenvalue weighted by Gasteiger charge is -2.26. The highest BCUT2D eigenvalue weighted by molar-refractivity contribution is 5.71. The molecule has 11 heteroatoms. The van der Waals surface area contributed by atoms with Gasteiger partial charge in [0.2, 0.25) is 0 Å². The van der Waals surface area contributed by atoms with Gasteiger partial charge in [0.15, 0.2) is 5.82 Å². The van der Waals surface area contributed by atoms with E-state index < -0.39 is 29.9 Å². The molecule has 0 unspecified atom stereocenters. The molecule has 4 rings (SSSR count). The number of aliphatic hydroxyl groups is 1. The molecular weight excluding hydrogens is 477 g/mol. The predicted octanol–water partition coefficient (Wildman–Crippen LogP) is 4.48. The number of esters is 1. The van der Waals surface area contributed by atoms with Gasteiger partial charge in [-0.2, -0.15) is 23.3 Å². The Balaban J connectivity index is 1.85. The highest BCUT2D eigenvalue weighted by atomic mass is 19.4. The fourth-order valence-electron chi connectivity index (χ4n) is 4.37. The summed E-state index contributed by atoms with van der Waals surface area (Å²) in [6.07, 6.45) is -3.31. The summed E-state index contributed by atoms with van der Waals surface area (Å²) >= 11 is 0. The average molecular weight is 505 g/mol. The Hall–Kier alpha value is -3.47. The minimum atomic E-state index is -4.52. The van der Waals surface area contributed by atoms with Gasteiger partial charge in [-0.1, -0.05) is 26.0 Å². The number of rotatable bonds is 7. The van der Waals surface area contributed by atoms with Gasteiger partial charge in [-0.3, -0.25) is 4.79 Å². The van der Waals surface area contributed by atoms with E-state index in [0.29, 0.717) is 42.0 Å². The molecule has 1 aliphatic rings. The van der Waals surface area contributed by atoms with Crippen LogP contribution in [0.15, 0.2) is 36.5 Å². The Bertz CT molecular complexity index is 1240. The second-order valence-corrected chi connectivity index (χ2v) is 9.00. The number of hydrogen-bond acceptors (Lipinski definition) is 7. The van der Waals surface area contributed by atoms with Crippen LogP contribution in [0.5, 0.6) is 6.01 Å². The first-order valence-electron chi connectivity index (χ1n) is 11.6. The number of carbonyl (C=O) groups is 1. The van der Waals surface area contributed by atoms with Crippen molar-refractivity contribution in [1.82, 2.24) is 19.7 Å². The highest BCUT2D eigenvalue weighted by Crippen LogP contribution is 2.37. The Morgan fingerprint density at radius 1 is 1.28 bits per heavy atom. The molecule has 192 valence electrons. The van der Waals surface area contributed by atoms with Crippen molar-refractivity contribution >= 4 is 5.97 Å². The first-order valence-corrected chi connectivity index (χ1v) is 11.6. The number of ether oxygens (including phenoxy) is 2. The maximum Gasteiger partial charge on any atom is 0.416 e. The van der Waals surface area contributed by atoms with E-state index >= 15 is 0 Å². The van der Waals surface area contributed by atoms with Gasteiger partial charge in [-0.15, -0.1) is 0 Å². The SMILES string of the molecule is COc1nccc(-n2nc(C(C)C)c(CC[C@H]3C[C@@H](O)CC(=O)O3)c2-c2cccc(C(F)(F)F)c2)n1. The quantitative estimate of drug-likeness (QED) is 0.474. The summed E-state index contributed by atoms with van der Waals surface area (Å²) < 4.78 is 52.8. The third kappa shape index (κ3) is 5.51. The maximum absolute atomic E-state index is 13.6. The fourth-order valence-corrected chi connectivity index (χ4v) is 4.37. The van der Waals surface area contributed by atoms with Gasteiger partial charge in [0.1, 0.15) is 6.10 Å². The zero-order valence-electron chi connectivity index (χ0n) is 20.1. The smallest absolute Gasteiger partial charge is 0.416 e. The van der Waals surface area contributed by atoms with E-state index in [4.69, 9.17) is 14.6 Å². The Kier molecular flexibility index (Phi) is 7.30. The molecule has 1 aromatic carbocycles. The summed E-state index contributed by atoms with van der Waals surface area (Å²) in [6, 6.07) is 6.75. The molecule has 2 atom stereocenters. The van der Waals surface area contributed by atoms with Gasteiger partial charge in [-0.05, 0) is 30.9 Å². The van der Waals surface area contributed by atoms with Crippen LogP contribution >= 0.6 is 0 Å². The van der Waals surface area contributed by atoms with Crippen molar-refractivity contribution in [2.24, 2.45) is 0 Å². The zero-order chi connectivity index (χ0) is 26.0. The summed E-state index contributed by atoms with van der Waals surface area (Å²) in [5, 5.41) is 14.7. The van der Waals surface area contributed by atoms with E-state index in [2.05, 4.69) is 9.97 Å². The van der Waals surface area contributed by atoms with Crippen molar-refractivity contribution < 1.29 is 32.5 Å². The van der Waals surface area contributed by atoms with Gasteiger partial charge in [0, 0.05) is 29.8 Å². The summed E-state index contributed by atoms with van der Waals surface area (Å²) in [5.41, 5.74) is 1.39. The average Bonchev–Trinajstić information content (AvgIpc) is 3.21. The van der Waals surface area contributed by atoms with Gasteiger partial charge < -0.3 is 14.6 Å². The van der Waals surface area contributed by atoms with E-state index in [9.17, 15) is 23.1 Å². The van der Waals surface area contributed by atoms with E-state index in [1.54, 1.807) is 12.1 Å². The summed E-state index contributed by atoms with van der Waals surface area (Å²) in [6.45, 7) is 3.88. The molecule has 1 saturated heterocycles. The van der Waals surface area contributed by atoms with Crippen LogP contribution in [0.2, 0.25) is 0 Å². The molecule has 3 heterocycles. The molecule has 0 spiro atoms. The van der Waals surface area contributed by atoms with Crippen molar-refractivity contribution in [3.63, 3.8) is 0 Å². The van der Waals surface area contributed by atoms with Gasteiger partial charge in [0.05, 0.1) is 36.6 Å². The minimum Gasteiger partial charge on any atom is -0.467 e. The third-order valence-electron chi connectivity index (χ3n) is 5.99. The number of alkyl halides is 3. The number of nitrogens with zero attached hydrogens (tertiary/aromatic N) is 4. The standard InChI is InChI=1S/C25H27F3N4O4/c1-14(2)22-19(8-7-18-12-17(33)13-21(34)36-18)23(15-5-4-6-16(11-15)25(26,27)28)32(31-22)20-9-10-29-24(30-20)35-3/h4-6,9-11,14,17-18,33H,7-8,12-13H2,1-3H3/t17-,18+/m1/s1. The van der Waals surface area contributed by atoms with Gasteiger partial charge >= 0.3 is 18.2 Å². The first kappa shape index (κ1) is 25.6. The van der Waals surface area contributed by atoms with E-state index in [1.807, 2.05) is 13.8 Å². The largest absolute Gasteiger partial charge is 0.467 e. The third-order valence-corrected chi connectivity index (χ3v) is 5.99. The Labute approximate surface area is 206 Å². The lowest BCUT2D eigenvalue weighted by atomic mass is 9.93. The van der Waals surface area contributed by atoms with Crippen LogP contribution in [-0.4, -0.2) is 50.1 Å². The molecular formula is C25H27F3N4O4.